The van der Waals surface area contributed by atoms with Crippen LogP contribution in [0.5, 0.6) is 0 Å². The summed E-state index contributed by atoms with van der Waals surface area (Å²) < 4.78 is 0. The van der Waals surface area contributed by atoms with Gasteiger partial charge in [-0.2, -0.15) is 0 Å². The van der Waals surface area contributed by atoms with Gasteiger partial charge in [0.25, 0.3) is 0 Å². The van der Waals surface area contributed by atoms with Crippen molar-refractivity contribution in [3.05, 3.63) is 46.8 Å². The third kappa shape index (κ3) is 3.80. The first kappa shape index (κ1) is 19.8. The fraction of sp³-hybridized carbons (Fsp3) is 0.550. The van der Waals surface area contributed by atoms with Crippen LogP contribution in [0.1, 0.15) is 55.4 Å². The van der Waals surface area contributed by atoms with Crippen molar-refractivity contribution in [3.8, 4) is 0 Å². The molecule has 0 bridgehead atoms. The first-order valence-corrected chi connectivity index (χ1v) is 8.49. The van der Waals surface area contributed by atoms with Gasteiger partial charge in [-0.3, -0.25) is 4.99 Å². The zero-order valence-electron chi connectivity index (χ0n) is 15.8. The molecule has 2 N–H and O–H groups in total. The van der Waals surface area contributed by atoms with Crippen LogP contribution in [0.15, 0.2) is 51.8 Å². The first-order valence-electron chi connectivity index (χ1n) is 8.11. The van der Waals surface area contributed by atoms with E-state index in [1.807, 2.05) is 31.2 Å². The molecule has 0 aromatic rings. The Morgan fingerprint density at radius 2 is 1.57 bits per heavy atom. The van der Waals surface area contributed by atoms with Gasteiger partial charge < -0.3 is 5.73 Å². The molecule has 0 aromatic heterocycles. The predicted molar refractivity (Wildman–Crippen MR) is 104 cm³/mol. The molecular weight excluding hydrogens is 304 g/mol. The topological polar surface area (TPSA) is 38.4 Å². The predicted octanol–water partition coefficient (Wildman–Crippen LogP) is 5.96. The van der Waals surface area contributed by atoms with Crippen LogP contribution >= 0.6 is 11.6 Å². The minimum absolute atomic E-state index is 0.00245. The normalized spacial score (nSPS) is 21.1. The van der Waals surface area contributed by atoms with Gasteiger partial charge in [-0.1, -0.05) is 66.1 Å². The lowest BCUT2D eigenvalue weighted by Crippen LogP contribution is -2.45. The average molecular weight is 335 g/mol. The maximum absolute atomic E-state index is 6.10. The Labute approximate surface area is 146 Å². The maximum atomic E-state index is 6.10. The van der Waals surface area contributed by atoms with E-state index in [4.69, 9.17) is 22.3 Å². The summed E-state index contributed by atoms with van der Waals surface area (Å²) in [5, 5.41) is 0.713. The van der Waals surface area contributed by atoms with Crippen LogP contribution in [0, 0.1) is 16.2 Å². The van der Waals surface area contributed by atoms with E-state index < -0.39 is 0 Å². The van der Waals surface area contributed by atoms with Gasteiger partial charge in [0.05, 0.1) is 11.4 Å². The number of halogens is 1. The summed E-state index contributed by atoms with van der Waals surface area (Å²) >= 11 is 6.10. The highest BCUT2D eigenvalue weighted by molar-refractivity contribution is 6.33. The van der Waals surface area contributed by atoms with E-state index >= 15 is 0 Å². The third-order valence-corrected chi connectivity index (χ3v) is 5.45. The van der Waals surface area contributed by atoms with Gasteiger partial charge in [0.1, 0.15) is 0 Å². The van der Waals surface area contributed by atoms with Crippen molar-refractivity contribution in [1.29, 1.82) is 0 Å². The third-order valence-electron chi connectivity index (χ3n) is 5.21. The zero-order valence-corrected chi connectivity index (χ0v) is 16.5. The summed E-state index contributed by atoms with van der Waals surface area (Å²) in [4.78, 5) is 4.94. The monoisotopic (exact) mass is 334 g/mol. The van der Waals surface area contributed by atoms with E-state index in [-0.39, 0.29) is 16.2 Å². The van der Waals surface area contributed by atoms with Crippen molar-refractivity contribution in [3.63, 3.8) is 0 Å². The highest BCUT2D eigenvalue weighted by atomic mass is 35.5. The SMILES string of the molecule is C/C=C1/C=C(Cl)C=C/C1=N/C(=C\N)C(C)(C(C)(C)C)C(C)(C)C. The van der Waals surface area contributed by atoms with Crippen LogP contribution in [0.4, 0.5) is 0 Å². The molecule has 1 aliphatic rings. The molecule has 23 heavy (non-hydrogen) atoms. The molecule has 0 fully saturated rings. The standard InChI is InChI=1S/C20H31ClN2/c1-9-14-12-15(21)10-11-16(14)23-17(13-22)20(8,18(2,3)4)19(5,6)7/h9-13H,22H2,1-8H3/b14-9-,17-13-,23-16-. The number of hydrogen-bond donors (Lipinski definition) is 1. The molecule has 0 unspecified atom stereocenters. The highest BCUT2D eigenvalue weighted by Crippen LogP contribution is 2.56. The fourth-order valence-electron chi connectivity index (χ4n) is 3.20. The summed E-state index contributed by atoms with van der Waals surface area (Å²) in [7, 11) is 0. The van der Waals surface area contributed by atoms with Crippen molar-refractivity contribution in [1.82, 2.24) is 0 Å². The van der Waals surface area contributed by atoms with E-state index in [0.29, 0.717) is 5.03 Å². The average Bonchev–Trinajstić information content (AvgIpc) is 2.42. The van der Waals surface area contributed by atoms with Crippen LogP contribution in [-0.4, -0.2) is 5.71 Å². The summed E-state index contributed by atoms with van der Waals surface area (Å²) in [5.74, 6) is 0. The van der Waals surface area contributed by atoms with E-state index in [2.05, 4.69) is 48.5 Å². The number of aliphatic imine (C=N–C) groups is 1. The zero-order chi connectivity index (χ0) is 18.1. The Balaban J connectivity index is 3.50. The molecule has 1 aliphatic carbocycles. The van der Waals surface area contributed by atoms with Crippen LogP contribution in [0.3, 0.4) is 0 Å². The molecule has 0 radical (unpaired) electrons. The van der Waals surface area contributed by atoms with Gasteiger partial charge in [0.15, 0.2) is 0 Å². The van der Waals surface area contributed by atoms with E-state index in [9.17, 15) is 0 Å². The molecule has 0 atom stereocenters. The number of nitrogens with zero attached hydrogens (tertiary/aromatic N) is 1. The van der Waals surface area contributed by atoms with Crippen LogP contribution in [0.25, 0.3) is 0 Å². The minimum Gasteiger partial charge on any atom is -0.403 e. The van der Waals surface area contributed by atoms with Gasteiger partial charge in [-0.05, 0) is 41.6 Å². The summed E-state index contributed by atoms with van der Waals surface area (Å²) in [5.41, 5.74) is 8.66. The van der Waals surface area contributed by atoms with Gasteiger partial charge >= 0.3 is 0 Å². The summed E-state index contributed by atoms with van der Waals surface area (Å²) in [6.07, 6.45) is 9.43. The van der Waals surface area contributed by atoms with Crippen LogP contribution in [-0.2, 0) is 0 Å². The van der Waals surface area contributed by atoms with Crippen LogP contribution < -0.4 is 5.73 Å². The summed E-state index contributed by atoms with van der Waals surface area (Å²) in [6.45, 7) is 17.7. The molecule has 0 aromatic carbocycles. The second kappa shape index (κ2) is 6.68. The molecule has 0 amide bonds. The molecule has 0 saturated heterocycles. The van der Waals surface area contributed by atoms with E-state index in [0.717, 1.165) is 17.0 Å². The molecule has 0 heterocycles. The number of allylic oxidation sites excluding steroid dienone is 7. The smallest absolute Gasteiger partial charge is 0.0703 e. The molecule has 128 valence electrons. The highest BCUT2D eigenvalue weighted by Gasteiger charge is 2.49. The molecular formula is C20H31ClN2. The van der Waals surface area contributed by atoms with Crippen molar-refractivity contribution in [2.45, 2.75) is 55.4 Å². The van der Waals surface area contributed by atoms with E-state index in [1.165, 1.54) is 0 Å². The molecule has 0 spiro atoms. The Bertz CT molecular complexity index is 589. The minimum atomic E-state index is -0.195. The van der Waals surface area contributed by atoms with Crippen LogP contribution in [0.2, 0.25) is 0 Å². The van der Waals surface area contributed by atoms with Crippen molar-refractivity contribution in [2.24, 2.45) is 27.0 Å². The second-order valence-electron chi connectivity index (χ2n) is 8.28. The maximum Gasteiger partial charge on any atom is 0.0703 e. The number of nitrogens with two attached hydrogens (primary N) is 1. The Morgan fingerprint density at radius 3 is 1.96 bits per heavy atom. The fourth-order valence-corrected chi connectivity index (χ4v) is 3.38. The molecule has 3 heteroatoms. The first-order chi connectivity index (χ1) is 10.4. The number of rotatable bonds is 2. The van der Waals surface area contributed by atoms with Gasteiger partial charge in [0.2, 0.25) is 0 Å². The lowest BCUT2D eigenvalue weighted by atomic mass is 9.53. The Kier molecular flexibility index (Phi) is 5.74. The lowest BCUT2D eigenvalue weighted by Gasteiger charge is -2.51. The Hall–Kier alpha value is -1.28. The second-order valence-corrected chi connectivity index (χ2v) is 8.72. The quantitative estimate of drug-likeness (QED) is 0.664. The largest absolute Gasteiger partial charge is 0.403 e. The van der Waals surface area contributed by atoms with Gasteiger partial charge in [-0.15, -0.1) is 0 Å². The van der Waals surface area contributed by atoms with Crippen molar-refractivity contribution < 1.29 is 0 Å². The van der Waals surface area contributed by atoms with Gasteiger partial charge in [0, 0.05) is 16.6 Å². The molecule has 0 aliphatic heterocycles. The molecule has 0 saturated carbocycles. The summed E-state index contributed by atoms with van der Waals surface area (Å²) in [6, 6.07) is 0. The lowest BCUT2D eigenvalue weighted by molar-refractivity contribution is 0.0230. The van der Waals surface area contributed by atoms with Crippen molar-refractivity contribution >= 4 is 17.3 Å². The Morgan fingerprint density at radius 1 is 1.04 bits per heavy atom. The molecule has 2 nitrogen and oxygen atoms in total. The van der Waals surface area contributed by atoms with E-state index in [1.54, 1.807) is 6.20 Å². The number of hydrogen-bond acceptors (Lipinski definition) is 2. The molecule has 1 rings (SSSR count). The van der Waals surface area contributed by atoms with Crippen molar-refractivity contribution in [2.75, 3.05) is 0 Å². The van der Waals surface area contributed by atoms with Gasteiger partial charge in [-0.25, -0.2) is 0 Å².